The zero-order valence-corrected chi connectivity index (χ0v) is 19.5. The van der Waals surface area contributed by atoms with Crippen molar-refractivity contribution in [2.24, 2.45) is 11.8 Å². The van der Waals surface area contributed by atoms with Gasteiger partial charge in [0.25, 0.3) is 0 Å². The molecule has 1 aliphatic rings. The SMILES string of the molecule is COc1ccc(-c2nnc(SCC(=O)N[C@@H](C)C(C)C)n2[C@@H]2CCCC[C@H]2C)cc1. The first-order valence-electron chi connectivity index (χ1n) is 10.9. The summed E-state index contributed by atoms with van der Waals surface area (Å²) in [4.78, 5) is 12.4. The number of carbonyl (C=O) groups excluding carboxylic acids is 1. The largest absolute Gasteiger partial charge is 0.497 e. The molecule has 0 aliphatic heterocycles. The molecule has 0 unspecified atom stereocenters. The topological polar surface area (TPSA) is 69.0 Å². The van der Waals surface area contributed by atoms with E-state index in [1.165, 1.54) is 31.0 Å². The molecule has 1 amide bonds. The first-order chi connectivity index (χ1) is 14.4. The summed E-state index contributed by atoms with van der Waals surface area (Å²) in [5.41, 5.74) is 1.02. The Bertz CT molecular complexity index is 834. The zero-order valence-electron chi connectivity index (χ0n) is 18.7. The van der Waals surface area contributed by atoms with Crippen molar-refractivity contribution in [2.45, 2.75) is 70.6 Å². The van der Waals surface area contributed by atoms with E-state index >= 15 is 0 Å². The number of carbonyl (C=O) groups is 1. The third-order valence-corrected chi connectivity index (χ3v) is 7.07. The molecule has 1 aromatic heterocycles. The van der Waals surface area contributed by atoms with Crippen LogP contribution < -0.4 is 10.1 Å². The molecule has 3 atom stereocenters. The highest BCUT2D eigenvalue weighted by Gasteiger charge is 2.29. The van der Waals surface area contributed by atoms with Gasteiger partial charge in [-0.3, -0.25) is 9.36 Å². The normalized spacial score (nSPS) is 20.2. The monoisotopic (exact) mass is 430 g/mol. The maximum absolute atomic E-state index is 12.4. The molecule has 1 fully saturated rings. The molecule has 0 radical (unpaired) electrons. The van der Waals surface area contributed by atoms with Crippen LogP contribution in [0, 0.1) is 11.8 Å². The second-order valence-corrected chi connectivity index (χ2v) is 9.57. The van der Waals surface area contributed by atoms with E-state index in [0.717, 1.165) is 28.7 Å². The number of rotatable bonds is 8. The minimum absolute atomic E-state index is 0.0402. The lowest BCUT2D eigenvalue weighted by atomic mass is 9.85. The Morgan fingerprint density at radius 3 is 2.53 bits per heavy atom. The van der Waals surface area contributed by atoms with E-state index in [1.54, 1.807) is 7.11 Å². The first-order valence-corrected chi connectivity index (χ1v) is 11.9. The van der Waals surface area contributed by atoms with Crippen molar-refractivity contribution in [1.82, 2.24) is 20.1 Å². The summed E-state index contributed by atoms with van der Waals surface area (Å²) in [6.45, 7) is 8.58. The number of thioether (sulfide) groups is 1. The number of nitrogens with one attached hydrogen (secondary N) is 1. The Balaban J connectivity index is 1.85. The van der Waals surface area contributed by atoms with Crippen molar-refractivity contribution in [3.05, 3.63) is 24.3 Å². The van der Waals surface area contributed by atoms with Crippen LogP contribution in [0.3, 0.4) is 0 Å². The molecule has 1 saturated carbocycles. The van der Waals surface area contributed by atoms with Crippen LogP contribution in [-0.2, 0) is 4.79 Å². The lowest BCUT2D eigenvalue weighted by Gasteiger charge is -2.31. The number of benzene rings is 1. The Morgan fingerprint density at radius 1 is 1.20 bits per heavy atom. The van der Waals surface area contributed by atoms with Crippen molar-refractivity contribution in [1.29, 1.82) is 0 Å². The highest BCUT2D eigenvalue weighted by Crippen LogP contribution is 2.39. The molecule has 1 heterocycles. The van der Waals surface area contributed by atoms with E-state index < -0.39 is 0 Å². The van der Waals surface area contributed by atoms with Gasteiger partial charge in [0.1, 0.15) is 5.75 Å². The van der Waals surface area contributed by atoms with Gasteiger partial charge >= 0.3 is 0 Å². The van der Waals surface area contributed by atoms with E-state index in [1.807, 2.05) is 31.2 Å². The van der Waals surface area contributed by atoms with Gasteiger partial charge in [-0.2, -0.15) is 0 Å². The molecular formula is C23H34N4O2S. The molecular weight excluding hydrogens is 396 g/mol. The van der Waals surface area contributed by atoms with Gasteiger partial charge in [0.2, 0.25) is 5.91 Å². The van der Waals surface area contributed by atoms with Crippen LogP contribution in [0.1, 0.15) is 59.4 Å². The van der Waals surface area contributed by atoms with Crippen LogP contribution in [-0.4, -0.2) is 39.6 Å². The fourth-order valence-corrected chi connectivity index (χ4v) is 4.69. The predicted molar refractivity (Wildman–Crippen MR) is 122 cm³/mol. The lowest BCUT2D eigenvalue weighted by molar-refractivity contribution is -0.119. The van der Waals surface area contributed by atoms with E-state index in [9.17, 15) is 4.79 Å². The fraction of sp³-hybridized carbons (Fsp3) is 0.609. The van der Waals surface area contributed by atoms with E-state index in [4.69, 9.17) is 4.74 Å². The van der Waals surface area contributed by atoms with Crippen LogP contribution >= 0.6 is 11.8 Å². The average molecular weight is 431 g/mol. The van der Waals surface area contributed by atoms with E-state index in [0.29, 0.717) is 23.6 Å². The van der Waals surface area contributed by atoms with Gasteiger partial charge in [-0.15, -0.1) is 10.2 Å². The highest BCUT2D eigenvalue weighted by molar-refractivity contribution is 7.99. The summed E-state index contributed by atoms with van der Waals surface area (Å²) in [6.07, 6.45) is 4.81. The molecule has 30 heavy (non-hydrogen) atoms. The zero-order chi connectivity index (χ0) is 21.7. The van der Waals surface area contributed by atoms with Gasteiger partial charge in [-0.05, 0) is 55.9 Å². The van der Waals surface area contributed by atoms with Crippen molar-refractivity contribution >= 4 is 17.7 Å². The van der Waals surface area contributed by atoms with Gasteiger partial charge < -0.3 is 10.1 Å². The molecule has 2 aromatic rings. The number of methoxy groups -OCH3 is 1. The summed E-state index contributed by atoms with van der Waals surface area (Å²) in [5, 5.41) is 12.9. The Kier molecular flexibility index (Phi) is 7.81. The second-order valence-electron chi connectivity index (χ2n) is 8.62. The van der Waals surface area contributed by atoms with E-state index in [2.05, 4.69) is 40.9 Å². The summed E-state index contributed by atoms with van der Waals surface area (Å²) in [7, 11) is 1.67. The number of hydrogen-bond donors (Lipinski definition) is 1. The standard InChI is InChI=1S/C23H34N4O2S/c1-15(2)17(4)24-21(28)14-30-23-26-25-22(18-10-12-19(29-5)13-11-18)27(23)20-9-7-6-8-16(20)3/h10-13,15-17,20H,6-9,14H2,1-5H3,(H,24,28)/t16-,17+,20-/m1/s1. The number of nitrogens with zero attached hydrogens (tertiary/aromatic N) is 3. The molecule has 0 spiro atoms. The van der Waals surface area contributed by atoms with Crippen molar-refractivity contribution in [2.75, 3.05) is 12.9 Å². The quantitative estimate of drug-likeness (QED) is 0.600. The molecule has 0 saturated heterocycles. The van der Waals surface area contributed by atoms with Crippen molar-refractivity contribution in [3.63, 3.8) is 0 Å². The fourth-order valence-electron chi connectivity index (χ4n) is 3.88. The smallest absolute Gasteiger partial charge is 0.230 e. The summed E-state index contributed by atoms with van der Waals surface area (Å²) in [5.74, 6) is 3.04. The van der Waals surface area contributed by atoms with Crippen LogP contribution in [0.2, 0.25) is 0 Å². The molecule has 164 valence electrons. The molecule has 1 aliphatic carbocycles. The predicted octanol–water partition coefficient (Wildman–Crippen LogP) is 4.96. The van der Waals surface area contributed by atoms with Gasteiger partial charge in [0.15, 0.2) is 11.0 Å². The van der Waals surface area contributed by atoms with Crippen LogP contribution in [0.5, 0.6) is 5.75 Å². The Labute approximate surface area is 184 Å². The third-order valence-electron chi connectivity index (χ3n) is 6.13. The maximum atomic E-state index is 12.4. The third kappa shape index (κ3) is 5.36. The first kappa shape index (κ1) is 22.7. The van der Waals surface area contributed by atoms with Crippen molar-refractivity contribution < 1.29 is 9.53 Å². The molecule has 6 nitrogen and oxygen atoms in total. The molecule has 3 rings (SSSR count). The van der Waals surface area contributed by atoms with Crippen LogP contribution in [0.15, 0.2) is 29.4 Å². The highest BCUT2D eigenvalue weighted by atomic mass is 32.2. The minimum atomic E-state index is 0.0402. The summed E-state index contributed by atoms with van der Waals surface area (Å²) < 4.78 is 7.57. The average Bonchev–Trinajstić information content (AvgIpc) is 3.16. The lowest BCUT2D eigenvalue weighted by Crippen LogP contribution is -2.37. The Morgan fingerprint density at radius 2 is 1.90 bits per heavy atom. The molecule has 0 bridgehead atoms. The van der Waals surface area contributed by atoms with Gasteiger partial charge in [-0.25, -0.2) is 0 Å². The van der Waals surface area contributed by atoms with Crippen molar-refractivity contribution in [3.8, 4) is 17.1 Å². The molecule has 7 heteroatoms. The van der Waals surface area contributed by atoms with Crippen LogP contribution in [0.4, 0.5) is 0 Å². The molecule has 1 aromatic carbocycles. The maximum Gasteiger partial charge on any atom is 0.230 e. The number of hydrogen-bond acceptors (Lipinski definition) is 5. The summed E-state index contributed by atoms with van der Waals surface area (Å²) in [6, 6.07) is 8.46. The minimum Gasteiger partial charge on any atom is -0.497 e. The second kappa shape index (κ2) is 10.3. The van der Waals surface area contributed by atoms with E-state index in [-0.39, 0.29) is 11.9 Å². The summed E-state index contributed by atoms with van der Waals surface area (Å²) >= 11 is 1.48. The molecule has 1 N–H and O–H groups in total. The van der Waals surface area contributed by atoms with Gasteiger partial charge in [0.05, 0.1) is 12.9 Å². The number of amides is 1. The van der Waals surface area contributed by atoms with Gasteiger partial charge in [0, 0.05) is 17.6 Å². The number of aromatic nitrogens is 3. The van der Waals surface area contributed by atoms with Gasteiger partial charge in [-0.1, -0.05) is 45.4 Å². The number of ether oxygens (including phenoxy) is 1. The van der Waals surface area contributed by atoms with Crippen LogP contribution in [0.25, 0.3) is 11.4 Å². The Hall–Kier alpha value is -2.02.